The van der Waals surface area contributed by atoms with E-state index in [-0.39, 0.29) is 0 Å². The lowest BCUT2D eigenvalue weighted by Crippen LogP contribution is -2.08. The predicted octanol–water partition coefficient (Wildman–Crippen LogP) is 0.254. The van der Waals surface area contributed by atoms with Crippen molar-refractivity contribution in [1.82, 2.24) is 14.5 Å². The van der Waals surface area contributed by atoms with Crippen molar-refractivity contribution >= 4 is 16.9 Å². The van der Waals surface area contributed by atoms with Crippen molar-refractivity contribution in [2.45, 2.75) is 0 Å². The van der Waals surface area contributed by atoms with Crippen LogP contribution in [0.3, 0.4) is 0 Å². The summed E-state index contributed by atoms with van der Waals surface area (Å²) < 4.78 is 1.91. The Hall–Kier alpha value is -1.62. The first-order chi connectivity index (χ1) is 5.83. The van der Waals surface area contributed by atoms with E-state index in [2.05, 4.69) is 15.4 Å². The molecule has 2 rings (SSSR count). The Morgan fingerprint density at radius 2 is 2.33 bits per heavy atom. The Bertz CT molecular complexity index is 405. The van der Waals surface area contributed by atoms with Crippen LogP contribution in [0.25, 0.3) is 11.0 Å². The summed E-state index contributed by atoms with van der Waals surface area (Å²) in [6.07, 6.45) is 3.42. The molecule has 2 aromatic rings. The van der Waals surface area contributed by atoms with Crippen LogP contribution in [-0.2, 0) is 7.05 Å². The number of pyridine rings is 1. The molecular weight excluding hydrogens is 154 g/mol. The normalized spacial score (nSPS) is 10.5. The number of nitrogens with one attached hydrogen (secondary N) is 1. The zero-order valence-corrected chi connectivity index (χ0v) is 6.65. The van der Waals surface area contributed by atoms with E-state index >= 15 is 0 Å². The number of nitrogens with zero attached hydrogens (tertiary/aromatic N) is 3. The molecule has 0 aliphatic carbocycles. The van der Waals surface area contributed by atoms with Gasteiger partial charge >= 0.3 is 0 Å². The van der Waals surface area contributed by atoms with Gasteiger partial charge in [-0.1, -0.05) is 0 Å². The molecule has 0 radical (unpaired) electrons. The lowest BCUT2D eigenvalue weighted by atomic mass is 10.4. The minimum Gasteiger partial charge on any atom is -0.334 e. The Balaban J connectivity index is 2.81. The molecular formula is C7H9N5. The molecule has 2 heterocycles. The van der Waals surface area contributed by atoms with Crippen molar-refractivity contribution < 1.29 is 0 Å². The van der Waals surface area contributed by atoms with Gasteiger partial charge in [0.1, 0.15) is 5.52 Å². The molecule has 0 aliphatic rings. The maximum Gasteiger partial charge on any atom is 0.168 e. The van der Waals surface area contributed by atoms with Gasteiger partial charge in [0.25, 0.3) is 0 Å². The van der Waals surface area contributed by atoms with Crippen LogP contribution in [0.5, 0.6) is 0 Å². The lowest BCUT2D eigenvalue weighted by molar-refractivity contribution is 0.947. The minimum absolute atomic E-state index is 0.605. The summed E-state index contributed by atoms with van der Waals surface area (Å²) in [6.45, 7) is 0. The minimum atomic E-state index is 0.605. The Labute approximate surface area is 69.2 Å². The van der Waals surface area contributed by atoms with Crippen molar-refractivity contribution in [3.63, 3.8) is 0 Å². The third-order valence-corrected chi connectivity index (χ3v) is 1.78. The molecule has 0 aliphatic heterocycles. The summed E-state index contributed by atoms with van der Waals surface area (Å²) in [6, 6.07) is 1.89. The first-order valence-electron chi connectivity index (χ1n) is 3.55. The summed E-state index contributed by atoms with van der Waals surface area (Å²) in [4.78, 5) is 8.17. The monoisotopic (exact) mass is 163 g/mol. The quantitative estimate of drug-likeness (QED) is 0.467. The third kappa shape index (κ3) is 0.835. The molecule has 0 fully saturated rings. The average Bonchev–Trinajstić information content (AvgIpc) is 2.48. The zero-order chi connectivity index (χ0) is 8.55. The lowest BCUT2D eigenvalue weighted by Gasteiger charge is -1.98. The van der Waals surface area contributed by atoms with Crippen molar-refractivity contribution in [1.29, 1.82) is 0 Å². The maximum absolute atomic E-state index is 5.26. The Morgan fingerprint density at radius 1 is 1.50 bits per heavy atom. The molecule has 12 heavy (non-hydrogen) atoms. The zero-order valence-electron chi connectivity index (χ0n) is 6.65. The highest BCUT2D eigenvalue weighted by atomic mass is 15.3. The molecule has 3 N–H and O–H groups in total. The van der Waals surface area contributed by atoms with Crippen LogP contribution >= 0.6 is 0 Å². The second kappa shape index (κ2) is 2.46. The summed E-state index contributed by atoms with van der Waals surface area (Å²) >= 11 is 0. The van der Waals surface area contributed by atoms with Crippen LogP contribution in [0, 0.1) is 0 Å². The molecule has 0 saturated heterocycles. The van der Waals surface area contributed by atoms with Crippen molar-refractivity contribution in [3.8, 4) is 0 Å². The first-order valence-corrected chi connectivity index (χ1v) is 3.55. The molecule has 0 aromatic carbocycles. The number of imidazole rings is 1. The summed E-state index contributed by atoms with van der Waals surface area (Å²) in [5.74, 6) is 5.87. The molecule has 0 saturated carbocycles. The van der Waals surface area contributed by atoms with Gasteiger partial charge in [0.05, 0.1) is 11.8 Å². The van der Waals surface area contributed by atoms with Crippen molar-refractivity contribution in [2.24, 2.45) is 12.9 Å². The predicted molar refractivity (Wildman–Crippen MR) is 46.3 cm³/mol. The molecule has 0 bridgehead atoms. The molecule has 2 aromatic heterocycles. The second-order valence-corrected chi connectivity index (χ2v) is 2.53. The van der Waals surface area contributed by atoms with Gasteiger partial charge in [0.2, 0.25) is 0 Å². The number of hydrogen-bond acceptors (Lipinski definition) is 4. The highest BCUT2D eigenvalue weighted by molar-refractivity contribution is 5.85. The van der Waals surface area contributed by atoms with Gasteiger partial charge in [-0.2, -0.15) is 0 Å². The molecule has 0 amide bonds. The maximum atomic E-state index is 5.26. The molecule has 62 valence electrons. The summed E-state index contributed by atoms with van der Waals surface area (Å²) in [5.41, 5.74) is 4.30. The van der Waals surface area contributed by atoms with Gasteiger partial charge in [-0.3, -0.25) is 0 Å². The molecule has 5 heteroatoms. The second-order valence-electron chi connectivity index (χ2n) is 2.53. The SMILES string of the molecule is Cn1cnc2c(NN)nccc21. The van der Waals surface area contributed by atoms with E-state index in [1.165, 1.54) is 0 Å². The van der Waals surface area contributed by atoms with E-state index in [0.717, 1.165) is 11.0 Å². The molecule has 0 atom stereocenters. The van der Waals surface area contributed by atoms with E-state index in [4.69, 9.17) is 5.84 Å². The molecule has 0 spiro atoms. The van der Waals surface area contributed by atoms with E-state index in [9.17, 15) is 0 Å². The van der Waals surface area contributed by atoms with Crippen molar-refractivity contribution in [2.75, 3.05) is 5.43 Å². The third-order valence-electron chi connectivity index (χ3n) is 1.78. The number of rotatable bonds is 1. The number of nitrogens with two attached hydrogens (primary N) is 1. The van der Waals surface area contributed by atoms with Crippen LogP contribution in [0.2, 0.25) is 0 Å². The van der Waals surface area contributed by atoms with E-state index in [0.29, 0.717) is 5.82 Å². The van der Waals surface area contributed by atoms with Gasteiger partial charge in [0.15, 0.2) is 5.82 Å². The number of anilines is 1. The standard InChI is InChI=1S/C7H9N5/c1-12-4-10-6-5(12)2-3-9-7(6)11-8/h2-4H,8H2,1H3,(H,9,11). The van der Waals surface area contributed by atoms with Gasteiger partial charge in [-0.15, -0.1) is 0 Å². The van der Waals surface area contributed by atoms with Crippen molar-refractivity contribution in [3.05, 3.63) is 18.6 Å². The van der Waals surface area contributed by atoms with Gasteiger partial charge in [-0.05, 0) is 6.07 Å². The van der Waals surface area contributed by atoms with Gasteiger partial charge < -0.3 is 9.99 Å². The Morgan fingerprint density at radius 3 is 3.08 bits per heavy atom. The van der Waals surface area contributed by atoms with Crippen LogP contribution in [-0.4, -0.2) is 14.5 Å². The number of nitrogen functional groups attached to an aromatic ring is 1. The molecule has 5 nitrogen and oxygen atoms in total. The fourth-order valence-corrected chi connectivity index (χ4v) is 1.17. The number of hydrogen-bond donors (Lipinski definition) is 2. The van der Waals surface area contributed by atoms with Gasteiger partial charge in [0, 0.05) is 13.2 Å². The number of aromatic nitrogens is 3. The van der Waals surface area contributed by atoms with Crippen LogP contribution in [0.4, 0.5) is 5.82 Å². The smallest absolute Gasteiger partial charge is 0.168 e. The van der Waals surface area contributed by atoms with Crippen LogP contribution in [0.15, 0.2) is 18.6 Å². The fourth-order valence-electron chi connectivity index (χ4n) is 1.17. The van der Waals surface area contributed by atoms with E-state index in [1.807, 2.05) is 17.7 Å². The Kier molecular flexibility index (Phi) is 1.44. The highest BCUT2D eigenvalue weighted by Gasteiger charge is 2.03. The van der Waals surface area contributed by atoms with Crippen LogP contribution in [0.1, 0.15) is 0 Å². The largest absolute Gasteiger partial charge is 0.334 e. The summed E-state index contributed by atoms with van der Waals surface area (Å²) in [7, 11) is 1.93. The molecule has 0 unspecified atom stereocenters. The fraction of sp³-hybridized carbons (Fsp3) is 0.143. The van der Waals surface area contributed by atoms with Crippen LogP contribution < -0.4 is 11.3 Å². The van der Waals surface area contributed by atoms with E-state index < -0.39 is 0 Å². The average molecular weight is 163 g/mol. The number of fused-ring (bicyclic) bond motifs is 1. The highest BCUT2D eigenvalue weighted by Crippen LogP contribution is 2.16. The number of aryl methyl sites for hydroxylation is 1. The van der Waals surface area contributed by atoms with E-state index in [1.54, 1.807) is 12.5 Å². The first kappa shape index (κ1) is 7.05. The topological polar surface area (TPSA) is 68.8 Å². The van der Waals surface area contributed by atoms with Gasteiger partial charge in [-0.25, -0.2) is 15.8 Å². The summed E-state index contributed by atoms with van der Waals surface area (Å²) in [5, 5.41) is 0. The number of hydrazine groups is 1.